The van der Waals surface area contributed by atoms with Crippen LogP contribution in [0.15, 0.2) is 42.5 Å². The normalized spacial score (nSPS) is 12.6. The Balaban J connectivity index is 2.20. The van der Waals surface area contributed by atoms with Gasteiger partial charge in [0.1, 0.15) is 17.5 Å². The first-order chi connectivity index (χ1) is 14.8. The molecule has 0 aliphatic carbocycles. The zero-order valence-corrected chi connectivity index (χ0v) is 19.7. The molecule has 0 bridgehead atoms. The SMILES string of the molecule is CC[C@H](C)NC(=O)[C@@H](C)N(Cc1c(Cl)cccc1Cl)C(=O)COc1ccc(OC)cc1. The van der Waals surface area contributed by atoms with Crippen molar-refractivity contribution in [2.24, 2.45) is 0 Å². The van der Waals surface area contributed by atoms with Crippen LogP contribution < -0.4 is 14.8 Å². The van der Waals surface area contributed by atoms with Gasteiger partial charge in [0.15, 0.2) is 6.61 Å². The lowest BCUT2D eigenvalue weighted by Gasteiger charge is -2.30. The van der Waals surface area contributed by atoms with E-state index in [-0.39, 0.29) is 31.0 Å². The minimum atomic E-state index is -0.742. The third kappa shape index (κ3) is 7.04. The van der Waals surface area contributed by atoms with Gasteiger partial charge in [0, 0.05) is 28.2 Å². The molecule has 0 saturated heterocycles. The van der Waals surface area contributed by atoms with E-state index >= 15 is 0 Å². The second-order valence-electron chi connectivity index (χ2n) is 7.18. The van der Waals surface area contributed by atoms with Gasteiger partial charge in [-0.15, -0.1) is 0 Å². The van der Waals surface area contributed by atoms with Crippen LogP contribution in [0.25, 0.3) is 0 Å². The molecule has 0 spiro atoms. The second-order valence-corrected chi connectivity index (χ2v) is 7.99. The fraction of sp³-hybridized carbons (Fsp3) is 0.391. The predicted molar refractivity (Wildman–Crippen MR) is 123 cm³/mol. The van der Waals surface area contributed by atoms with Crippen molar-refractivity contribution in [3.8, 4) is 11.5 Å². The number of nitrogens with zero attached hydrogens (tertiary/aromatic N) is 1. The summed E-state index contributed by atoms with van der Waals surface area (Å²) in [6.45, 7) is 5.40. The van der Waals surface area contributed by atoms with Crippen LogP contribution in [0.2, 0.25) is 10.0 Å². The Morgan fingerprint density at radius 3 is 2.16 bits per heavy atom. The van der Waals surface area contributed by atoms with E-state index in [0.29, 0.717) is 27.1 Å². The lowest BCUT2D eigenvalue weighted by atomic mass is 10.1. The van der Waals surface area contributed by atoms with Gasteiger partial charge in [-0.25, -0.2) is 0 Å². The smallest absolute Gasteiger partial charge is 0.261 e. The molecule has 2 aromatic rings. The Bertz CT molecular complexity index is 869. The lowest BCUT2D eigenvalue weighted by Crippen LogP contribution is -2.50. The molecule has 0 unspecified atom stereocenters. The van der Waals surface area contributed by atoms with Crippen LogP contribution in [0.3, 0.4) is 0 Å². The summed E-state index contributed by atoms with van der Waals surface area (Å²) in [5.41, 5.74) is 0.576. The molecule has 0 aromatic heterocycles. The Labute approximate surface area is 193 Å². The van der Waals surface area contributed by atoms with Gasteiger partial charge < -0.3 is 19.7 Å². The summed E-state index contributed by atoms with van der Waals surface area (Å²) in [7, 11) is 1.57. The molecule has 0 saturated carbocycles. The largest absolute Gasteiger partial charge is 0.497 e. The predicted octanol–water partition coefficient (Wildman–Crippen LogP) is 4.71. The summed E-state index contributed by atoms with van der Waals surface area (Å²) in [6, 6.07) is 11.3. The molecule has 0 aliphatic heterocycles. The van der Waals surface area contributed by atoms with Gasteiger partial charge in [0.25, 0.3) is 5.91 Å². The average molecular weight is 467 g/mol. The number of halogens is 2. The molecule has 168 valence electrons. The number of amides is 2. The lowest BCUT2D eigenvalue weighted by molar-refractivity contribution is -0.142. The van der Waals surface area contributed by atoms with Gasteiger partial charge in [-0.2, -0.15) is 0 Å². The van der Waals surface area contributed by atoms with Crippen LogP contribution in [0.5, 0.6) is 11.5 Å². The Kier molecular flexibility index (Phi) is 9.46. The molecule has 0 heterocycles. The van der Waals surface area contributed by atoms with Crippen molar-refractivity contribution in [2.45, 2.75) is 45.8 Å². The minimum Gasteiger partial charge on any atom is -0.497 e. The van der Waals surface area contributed by atoms with Crippen LogP contribution in [0.1, 0.15) is 32.8 Å². The first kappa shape index (κ1) is 24.8. The quantitative estimate of drug-likeness (QED) is 0.550. The highest BCUT2D eigenvalue weighted by molar-refractivity contribution is 6.36. The summed E-state index contributed by atoms with van der Waals surface area (Å²) < 4.78 is 10.8. The van der Waals surface area contributed by atoms with E-state index in [0.717, 1.165) is 6.42 Å². The first-order valence-electron chi connectivity index (χ1n) is 10.1. The van der Waals surface area contributed by atoms with Gasteiger partial charge in [0.2, 0.25) is 5.91 Å². The van der Waals surface area contributed by atoms with Gasteiger partial charge in [-0.3, -0.25) is 9.59 Å². The topological polar surface area (TPSA) is 67.9 Å². The zero-order chi connectivity index (χ0) is 23.0. The fourth-order valence-electron chi connectivity index (χ4n) is 2.80. The molecule has 2 rings (SSSR count). The molecule has 6 nitrogen and oxygen atoms in total. The van der Waals surface area contributed by atoms with E-state index in [1.165, 1.54) is 4.90 Å². The van der Waals surface area contributed by atoms with Crippen molar-refractivity contribution in [2.75, 3.05) is 13.7 Å². The van der Waals surface area contributed by atoms with Crippen molar-refractivity contribution in [1.29, 1.82) is 0 Å². The monoisotopic (exact) mass is 466 g/mol. The van der Waals surface area contributed by atoms with Gasteiger partial charge >= 0.3 is 0 Å². The molecule has 8 heteroatoms. The number of hydrogen-bond donors (Lipinski definition) is 1. The molecule has 2 amide bonds. The molecular formula is C23H28Cl2N2O4. The molecule has 2 atom stereocenters. The summed E-state index contributed by atoms with van der Waals surface area (Å²) in [6.07, 6.45) is 0.781. The Morgan fingerprint density at radius 1 is 1.03 bits per heavy atom. The maximum atomic E-state index is 13.1. The van der Waals surface area contributed by atoms with Crippen LogP contribution in [-0.4, -0.2) is 42.5 Å². The number of carbonyl (C=O) groups is 2. The van der Waals surface area contributed by atoms with Crippen LogP contribution >= 0.6 is 23.2 Å². The van der Waals surface area contributed by atoms with Crippen LogP contribution in [0.4, 0.5) is 0 Å². The molecule has 1 N–H and O–H groups in total. The van der Waals surface area contributed by atoms with E-state index in [1.807, 2.05) is 13.8 Å². The maximum absolute atomic E-state index is 13.1. The highest BCUT2D eigenvalue weighted by Gasteiger charge is 2.28. The van der Waals surface area contributed by atoms with Gasteiger partial charge in [-0.1, -0.05) is 36.2 Å². The number of nitrogens with one attached hydrogen (secondary N) is 1. The van der Waals surface area contributed by atoms with E-state index in [1.54, 1.807) is 56.5 Å². The number of rotatable bonds is 10. The molecule has 0 radical (unpaired) electrons. The van der Waals surface area contributed by atoms with E-state index < -0.39 is 6.04 Å². The van der Waals surface area contributed by atoms with Crippen molar-refractivity contribution >= 4 is 35.0 Å². The molecule has 0 aliphatic rings. The first-order valence-corrected chi connectivity index (χ1v) is 10.8. The van der Waals surface area contributed by atoms with Crippen molar-refractivity contribution in [1.82, 2.24) is 10.2 Å². The maximum Gasteiger partial charge on any atom is 0.261 e. The van der Waals surface area contributed by atoms with E-state index in [2.05, 4.69) is 5.32 Å². The van der Waals surface area contributed by atoms with E-state index in [4.69, 9.17) is 32.7 Å². The number of ether oxygens (including phenoxy) is 2. The van der Waals surface area contributed by atoms with E-state index in [9.17, 15) is 9.59 Å². The summed E-state index contributed by atoms with van der Waals surface area (Å²) in [4.78, 5) is 27.2. The molecule has 0 fully saturated rings. The Hall–Kier alpha value is -2.44. The molecule has 2 aromatic carbocycles. The minimum absolute atomic E-state index is 0.00801. The number of carbonyl (C=O) groups excluding carboxylic acids is 2. The number of hydrogen-bond acceptors (Lipinski definition) is 4. The number of methoxy groups -OCH3 is 1. The fourth-order valence-corrected chi connectivity index (χ4v) is 3.32. The van der Waals surface area contributed by atoms with Crippen molar-refractivity contribution in [3.63, 3.8) is 0 Å². The standard InChI is InChI=1S/C23H28Cl2N2O4/c1-5-15(2)26-23(29)16(3)27(13-19-20(24)7-6-8-21(19)25)22(28)14-31-18-11-9-17(30-4)10-12-18/h6-12,15-16H,5,13-14H2,1-4H3,(H,26,29)/t15-,16+/m0/s1. The van der Waals surface area contributed by atoms with Crippen molar-refractivity contribution < 1.29 is 19.1 Å². The third-order valence-electron chi connectivity index (χ3n) is 4.98. The highest BCUT2D eigenvalue weighted by Crippen LogP contribution is 2.27. The summed E-state index contributed by atoms with van der Waals surface area (Å²) in [5.74, 6) is 0.583. The third-order valence-corrected chi connectivity index (χ3v) is 5.69. The second kappa shape index (κ2) is 11.8. The van der Waals surface area contributed by atoms with Crippen molar-refractivity contribution in [3.05, 3.63) is 58.1 Å². The summed E-state index contributed by atoms with van der Waals surface area (Å²) >= 11 is 12.6. The number of benzene rings is 2. The highest BCUT2D eigenvalue weighted by atomic mass is 35.5. The average Bonchev–Trinajstić information content (AvgIpc) is 2.77. The van der Waals surface area contributed by atoms with Crippen LogP contribution in [0, 0.1) is 0 Å². The Morgan fingerprint density at radius 2 is 1.61 bits per heavy atom. The molecular weight excluding hydrogens is 439 g/mol. The zero-order valence-electron chi connectivity index (χ0n) is 18.2. The van der Waals surface area contributed by atoms with Gasteiger partial charge in [0.05, 0.1) is 7.11 Å². The summed E-state index contributed by atoms with van der Waals surface area (Å²) in [5, 5.41) is 3.77. The van der Waals surface area contributed by atoms with Crippen LogP contribution in [-0.2, 0) is 16.1 Å². The molecule has 31 heavy (non-hydrogen) atoms. The van der Waals surface area contributed by atoms with Gasteiger partial charge in [-0.05, 0) is 56.7 Å².